The van der Waals surface area contributed by atoms with E-state index in [0.29, 0.717) is 12.6 Å². The first-order chi connectivity index (χ1) is 10.8. The molecule has 1 aliphatic heterocycles. The van der Waals surface area contributed by atoms with E-state index in [9.17, 15) is 0 Å². The third kappa shape index (κ3) is 2.21. The molecule has 0 spiro atoms. The summed E-state index contributed by atoms with van der Waals surface area (Å²) in [5.74, 6) is 0.947. The van der Waals surface area contributed by atoms with Crippen molar-refractivity contribution >= 4 is 16.5 Å². The second-order valence-electron chi connectivity index (χ2n) is 5.73. The molecule has 4 rings (SSSR count). The van der Waals surface area contributed by atoms with Crippen molar-refractivity contribution in [2.75, 3.05) is 11.9 Å². The first-order valence-electron chi connectivity index (χ1n) is 7.85. The van der Waals surface area contributed by atoms with Gasteiger partial charge in [0.05, 0.1) is 12.6 Å². The maximum Gasteiger partial charge on any atom is 0.119 e. The molecule has 3 aromatic carbocycles. The van der Waals surface area contributed by atoms with E-state index in [1.807, 2.05) is 13.0 Å². The first kappa shape index (κ1) is 13.2. The average molecular weight is 289 g/mol. The fraction of sp³-hybridized carbons (Fsp3) is 0.200. The Labute approximate surface area is 130 Å². The topological polar surface area (TPSA) is 21.3 Å². The predicted molar refractivity (Wildman–Crippen MR) is 91.6 cm³/mol. The second-order valence-corrected chi connectivity index (χ2v) is 5.73. The van der Waals surface area contributed by atoms with Crippen LogP contribution >= 0.6 is 0 Å². The summed E-state index contributed by atoms with van der Waals surface area (Å²) >= 11 is 0. The van der Waals surface area contributed by atoms with E-state index in [1.54, 1.807) is 0 Å². The highest BCUT2D eigenvalue weighted by molar-refractivity contribution is 5.96. The molecule has 0 aliphatic carbocycles. The minimum Gasteiger partial charge on any atom is -0.494 e. The van der Waals surface area contributed by atoms with Crippen molar-refractivity contribution < 1.29 is 4.74 Å². The summed E-state index contributed by atoms with van der Waals surface area (Å²) in [6.45, 7) is 2.72. The van der Waals surface area contributed by atoms with Gasteiger partial charge in [0.2, 0.25) is 0 Å². The van der Waals surface area contributed by atoms with Gasteiger partial charge in [-0.15, -0.1) is 0 Å². The van der Waals surface area contributed by atoms with Gasteiger partial charge in [0, 0.05) is 11.1 Å². The molecule has 22 heavy (non-hydrogen) atoms. The van der Waals surface area contributed by atoms with Crippen molar-refractivity contribution in [3.8, 4) is 5.75 Å². The molecular weight excluding hydrogens is 270 g/mol. The van der Waals surface area contributed by atoms with Crippen LogP contribution in [-0.2, 0) is 6.42 Å². The Morgan fingerprint density at radius 1 is 1.05 bits per heavy atom. The Bertz CT molecular complexity index is 825. The van der Waals surface area contributed by atoms with Gasteiger partial charge in [0.25, 0.3) is 0 Å². The standard InChI is InChI=1S/C20H19NO/c1-2-22-17-8-5-7-15(12-17)19-13-16-11-10-14-6-3-4-9-18(14)20(16)21-19/h3-12,19,21H,2,13H2,1H3. The van der Waals surface area contributed by atoms with Crippen LogP contribution in [0.3, 0.4) is 0 Å². The Hall–Kier alpha value is -2.48. The van der Waals surface area contributed by atoms with Crippen LogP contribution < -0.4 is 10.1 Å². The van der Waals surface area contributed by atoms with Gasteiger partial charge in [0.1, 0.15) is 5.75 Å². The van der Waals surface area contributed by atoms with Crippen molar-refractivity contribution in [3.05, 3.63) is 71.8 Å². The quantitative estimate of drug-likeness (QED) is 0.736. The molecule has 0 saturated carbocycles. The number of ether oxygens (including phenoxy) is 1. The highest BCUT2D eigenvalue weighted by Gasteiger charge is 2.23. The molecule has 0 bridgehead atoms. The van der Waals surface area contributed by atoms with Crippen LogP contribution in [0.2, 0.25) is 0 Å². The van der Waals surface area contributed by atoms with E-state index < -0.39 is 0 Å². The zero-order valence-electron chi connectivity index (χ0n) is 12.7. The summed E-state index contributed by atoms with van der Waals surface area (Å²) in [6.07, 6.45) is 1.02. The van der Waals surface area contributed by atoms with Crippen LogP contribution in [0, 0.1) is 0 Å². The second kappa shape index (κ2) is 5.38. The van der Waals surface area contributed by atoms with Gasteiger partial charge in [-0.2, -0.15) is 0 Å². The van der Waals surface area contributed by atoms with Gasteiger partial charge in [-0.25, -0.2) is 0 Å². The molecule has 1 N–H and O–H groups in total. The zero-order valence-corrected chi connectivity index (χ0v) is 12.7. The van der Waals surface area contributed by atoms with Crippen molar-refractivity contribution in [2.24, 2.45) is 0 Å². The van der Waals surface area contributed by atoms with E-state index in [-0.39, 0.29) is 0 Å². The Kier molecular flexibility index (Phi) is 3.23. The highest BCUT2D eigenvalue weighted by Crippen LogP contribution is 2.39. The lowest BCUT2D eigenvalue weighted by molar-refractivity contribution is 0.339. The van der Waals surface area contributed by atoms with Crippen LogP contribution in [0.25, 0.3) is 10.8 Å². The third-order valence-corrected chi connectivity index (χ3v) is 4.33. The molecule has 0 fully saturated rings. The molecule has 1 unspecified atom stereocenters. The number of anilines is 1. The van der Waals surface area contributed by atoms with Gasteiger partial charge in [-0.1, -0.05) is 48.5 Å². The maximum atomic E-state index is 5.63. The molecule has 1 atom stereocenters. The summed E-state index contributed by atoms with van der Waals surface area (Å²) in [5.41, 5.74) is 3.96. The predicted octanol–water partition coefficient (Wildman–Crippen LogP) is 4.95. The molecule has 0 saturated heterocycles. The summed E-state index contributed by atoms with van der Waals surface area (Å²) in [7, 11) is 0. The first-order valence-corrected chi connectivity index (χ1v) is 7.85. The number of fused-ring (bicyclic) bond motifs is 3. The Morgan fingerprint density at radius 3 is 2.86 bits per heavy atom. The van der Waals surface area contributed by atoms with E-state index in [2.05, 4.69) is 59.9 Å². The van der Waals surface area contributed by atoms with E-state index in [0.717, 1.165) is 12.2 Å². The van der Waals surface area contributed by atoms with Gasteiger partial charge >= 0.3 is 0 Å². The van der Waals surface area contributed by atoms with Crippen molar-refractivity contribution in [2.45, 2.75) is 19.4 Å². The summed E-state index contributed by atoms with van der Waals surface area (Å²) < 4.78 is 5.63. The molecule has 1 heterocycles. The Morgan fingerprint density at radius 2 is 1.95 bits per heavy atom. The smallest absolute Gasteiger partial charge is 0.119 e. The van der Waals surface area contributed by atoms with E-state index in [4.69, 9.17) is 4.74 Å². The minimum absolute atomic E-state index is 0.321. The third-order valence-electron chi connectivity index (χ3n) is 4.33. The average Bonchev–Trinajstić information content (AvgIpc) is 3.00. The number of nitrogens with one attached hydrogen (secondary N) is 1. The molecule has 0 radical (unpaired) electrons. The number of hydrogen-bond acceptors (Lipinski definition) is 2. The lowest BCUT2D eigenvalue weighted by Crippen LogP contribution is -2.06. The maximum absolute atomic E-state index is 5.63. The fourth-order valence-electron chi connectivity index (χ4n) is 3.29. The molecule has 2 nitrogen and oxygen atoms in total. The highest BCUT2D eigenvalue weighted by atomic mass is 16.5. The van der Waals surface area contributed by atoms with E-state index >= 15 is 0 Å². The number of rotatable bonds is 3. The molecule has 1 aliphatic rings. The van der Waals surface area contributed by atoms with Crippen LogP contribution in [0.1, 0.15) is 24.1 Å². The van der Waals surface area contributed by atoms with Crippen LogP contribution in [0.15, 0.2) is 60.7 Å². The molecule has 0 aromatic heterocycles. The van der Waals surface area contributed by atoms with Crippen molar-refractivity contribution in [1.29, 1.82) is 0 Å². The van der Waals surface area contributed by atoms with Crippen LogP contribution in [0.4, 0.5) is 5.69 Å². The minimum atomic E-state index is 0.321. The molecule has 2 heteroatoms. The van der Waals surface area contributed by atoms with E-state index in [1.165, 1.54) is 27.6 Å². The summed E-state index contributed by atoms with van der Waals surface area (Å²) in [6, 6.07) is 21.8. The fourth-order valence-corrected chi connectivity index (χ4v) is 3.29. The monoisotopic (exact) mass is 289 g/mol. The molecule has 110 valence electrons. The number of hydrogen-bond donors (Lipinski definition) is 1. The van der Waals surface area contributed by atoms with Crippen LogP contribution in [-0.4, -0.2) is 6.61 Å². The molecule has 3 aromatic rings. The molecular formula is C20H19NO. The lowest BCUT2D eigenvalue weighted by atomic mass is 10.0. The lowest BCUT2D eigenvalue weighted by Gasteiger charge is -2.14. The molecule has 0 amide bonds. The number of benzene rings is 3. The Balaban J connectivity index is 1.70. The van der Waals surface area contributed by atoms with Gasteiger partial charge in [0.15, 0.2) is 0 Å². The van der Waals surface area contributed by atoms with Gasteiger partial charge < -0.3 is 10.1 Å². The SMILES string of the molecule is CCOc1cccc(C2Cc3ccc4ccccc4c3N2)c1. The van der Waals surface area contributed by atoms with Crippen molar-refractivity contribution in [1.82, 2.24) is 0 Å². The van der Waals surface area contributed by atoms with Gasteiger partial charge in [-0.3, -0.25) is 0 Å². The van der Waals surface area contributed by atoms with Crippen molar-refractivity contribution in [3.63, 3.8) is 0 Å². The van der Waals surface area contributed by atoms with Crippen LogP contribution in [0.5, 0.6) is 5.75 Å². The normalized spacial score (nSPS) is 16.3. The summed E-state index contributed by atoms with van der Waals surface area (Å²) in [4.78, 5) is 0. The van der Waals surface area contributed by atoms with Gasteiger partial charge in [-0.05, 0) is 42.0 Å². The summed E-state index contributed by atoms with van der Waals surface area (Å²) in [5, 5.41) is 6.31. The largest absolute Gasteiger partial charge is 0.494 e. The zero-order chi connectivity index (χ0) is 14.9.